The first kappa shape index (κ1) is 15.5. The van der Waals surface area contributed by atoms with Gasteiger partial charge in [0.05, 0.1) is 6.10 Å². The molecule has 1 heterocycles. The Kier molecular flexibility index (Phi) is 4.45. The van der Waals surface area contributed by atoms with Gasteiger partial charge in [-0.2, -0.15) is 0 Å². The molecule has 18 heavy (non-hydrogen) atoms. The lowest BCUT2D eigenvalue weighted by Gasteiger charge is -2.38. The van der Waals surface area contributed by atoms with E-state index in [0.717, 1.165) is 6.42 Å². The van der Waals surface area contributed by atoms with E-state index in [2.05, 4.69) is 33.9 Å². The normalized spacial score (nSPS) is 25.6. The quantitative estimate of drug-likeness (QED) is 0.773. The molecule has 1 fully saturated rings. The first-order valence-corrected chi connectivity index (χ1v) is 9.37. The number of rotatable bonds is 3. The largest absolute Gasteiger partial charge is 0.465 e. The highest BCUT2D eigenvalue weighted by atomic mass is 28.4. The number of nitrogens with zero attached hydrogens (tertiary/aromatic N) is 1. The lowest BCUT2D eigenvalue weighted by Crippen LogP contribution is -2.44. The number of carboxylic acid groups (broad SMARTS) is 1. The van der Waals surface area contributed by atoms with E-state index in [1.807, 2.05) is 0 Å². The molecule has 0 aromatic carbocycles. The minimum Gasteiger partial charge on any atom is -0.465 e. The third-order valence-corrected chi connectivity index (χ3v) is 8.70. The molecule has 1 amide bonds. The summed E-state index contributed by atoms with van der Waals surface area (Å²) in [6.45, 7) is 11.7. The molecule has 0 aromatic heterocycles. The minimum atomic E-state index is -1.84. The third kappa shape index (κ3) is 3.24. The van der Waals surface area contributed by atoms with Crippen LogP contribution in [0.25, 0.3) is 0 Å². The van der Waals surface area contributed by atoms with Crippen LogP contribution in [0, 0.1) is 0 Å². The summed E-state index contributed by atoms with van der Waals surface area (Å²) in [5.41, 5.74) is 5.62. The van der Waals surface area contributed by atoms with Gasteiger partial charge in [-0.1, -0.05) is 20.8 Å². The molecule has 1 saturated heterocycles. The molecule has 0 aromatic rings. The Morgan fingerprint density at radius 1 is 1.50 bits per heavy atom. The summed E-state index contributed by atoms with van der Waals surface area (Å²) in [7, 11) is -1.84. The number of likely N-dealkylation sites (tertiary alicyclic amines) is 1. The van der Waals surface area contributed by atoms with E-state index >= 15 is 0 Å². The predicted molar refractivity (Wildman–Crippen MR) is 74.3 cm³/mol. The molecule has 1 aliphatic heterocycles. The number of hydrogen-bond acceptors (Lipinski definition) is 3. The highest BCUT2D eigenvalue weighted by molar-refractivity contribution is 6.74. The number of hydrogen-bond donors (Lipinski definition) is 2. The van der Waals surface area contributed by atoms with Crippen molar-refractivity contribution in [2.45, 2.75) is 57.5 Å². The van der Waals surface area contributed by atoms with E-state index in [4.69, 9.17) is 15.3 Å². The average molecular weight is 274 g/mol. The van der Waals surface area contributed by atoms with Gasteiger partial charge in [0, 0.05) is 19.1 Å². The standard InChI is InChI=1S/C12H26N2O3Si/c1-12(2,3)18(4,5)17-10-6-9(7-13)14(8-10)11(15)16/h9-10H,6-8,13H2,1-5H3,(H,15,16)/t9-,10-/m0/s1. The molecule has 0 spiro atoms. The van der Waals surface area contributed by atoms with E-state index in [1.165, 1.54) is 4.90 Å². The minimum absolute atomic E-state index is 0.00413. The Balaban J connectivity index is 2.69. The summed E-state index contributed by atoms with van der Waals surface area (Å²) >= 11 is 0. The van der Waals surface area contributed by atoms with Crippen molar-refractivity contribution in [1.29, 1.82) is 0 Å². The summed E-state index contributed by atoms with van der Waals surface area (Å²) in [5, 5.41) is 9.26. The summed E-state index contributed by atoms with van der Waals surface area (Å²) in [6.07, 6.45) is -0.183. The Morgan fingerprint density at radius 3 is 2.39 bits per heavy atom. The molecule has 1 aliphatic rings. The van der Waals surface area contributed by atoms with Crippen molar-refractivity contribution in [2.24, 2.45) is 5.73 Å². The molecule has 0 saturated carbocycles. The summed E-state index contributed by atoms with van der Waals surface area (Å²) in [5.74, 6) is 0. The fourth-order valence-electron chi connectivity index (χ4n) is 2.01. The van der Waals surface area contributed by atoms with Crippen LogP contribution in [0.5, 0.6) is 0 Å². The second-order valence-corrected chi connectivity index (χ2v) is 11.3. The molecular weight excluding hydrogens is 248 g/mol. The third-order valence-electron chi connectivity index (χ3n) is 4.16. The second kappa shape index (κ2) is 5.18. The molecule has 6 heteroatoms. The van der Waals surface area contributed by atoms with Crippen LogP contribution in [0.4, 0.5) is 4.79 Å². The van der Waals surface area contributed by atoms with E-state index in [1.54, 1.807) is 0 Å². The Morgan fingerprint density at radius 2 is 2.06 bits per heavy atom. The molecule has 2 atom stereocenters. The zero-order chi connectivity index (χ0) is 14.1. The Hall–Kier alpha value is -0.593. The smallest absolute Gasteiger partial charge is 0.407 e. The Bertz CT molecular complexity index is 315. The molecular formula is C12H26N2O3Si. The zero-order valence-corrected chi connectivity index (χ0v) is 13.1. The highest BCUT2D eigenvalue weighted by Crippen LogP contribution is 2.38. The van der Waals surface area contributed by atoms with Gasteiger partial charge < -0.3 is 20.2 Å². The molecule has 0 aliphatic carbocycles. The van der Waals surface area contributed by atoms with Crippen molar-refractivity contribution in [3.8, 4) is 0 Å². The molecule has 0 unspecified atom stereocenters. The van der Waals surface area contributed by atoms with Gasteiger partial charge in [0.2, 0.25) is 0 Å². The van der Waals surface area contributed by atoms with Gasteiger partial charge in [-0.05, 0) is 24.6 Å². The fraction of sp³-hybridized carbons (Fsp3) is 0.917. The van der Waals surface area contributed by atoms with Crippen molar-refractivity contribution in [3.63, 3.8) is 0 Å². The van der Waals surface area contributed by atoms with E-state index < -0.39 is 14.4 Å². The van der Waals surface area contributed by atoms with Gasteiger partial charge in [0.15, 0.2) is 8.32 Å². The highest BCUT2D eigenvalue weighted by Gasteiger charge is 2.43. The SMILES string of the molecule is CC(C)(C)[Si](C)(C)O[C@H]1C[C@@H](CN)N(C(=O)O)C1. The van der Waals surface area contributed by atoms with Crippen LogP contribution in [-0.4, -0.2) is 49.7 Å². The first-order valence-electron chi connectivity index (χ1n) is 6.46. The molecule has 106 valence electrons. The van der Waals surface area contributed by atoms with Crippen LogP contribution < -0.4 is 5.73 Å². The summed E-state index contributed by atoms with van der Waals surface area (Å²) in [4.78, 5) is 12.5. The molecule has 1 rings (SSSR count). The predicted octanol–water partition coefficient (Wildman–Crippen LogP) is 2.09. The van der Waals surface area contributed by atoms with E-state index in [-0.39, 0.29) is 17.2 Å². The van der Waals surface area contributed by atoms with Crippen molar-refractivity contribution in [1.82, 2.24) is 4.90 Å². The van der Waals surface area contributed by atoms with Crippen LogP contribution in [0.2, 0.25) is 18.1 Å². The van der Waals surface area contributed by atoms with Crippen molar-refractivity contribution in [2.75, 3.05) is 13.1 Å². The van der Waals surface area contributed by atoms with Crippen LogP contribution in [-0.2, 0) is 4.43 Å². The van der Waals surface area contributed by atoms with Gasteiger partial charge in [0.1, 0.15) is 0 Å². The molecule has 3 N–H and O–H groups in total. The van der Waals surface area contributed by atoms with E-state index in [9.17, 15) is 4.79 Å². The number of carbonyl (C=O) groups is 1. The topological polar surface area (TPSA) is 75.8 Å². The lowest BCUT2D eigenvalue weighted by molar-refractivity contribution is 0.133. The van der Waals surface area contributed by atoms with Gasteiger partial charge in [-0.15, -0.1) is 0 Å². The number of nitrogens with two attached hydrogens (primary N) is 1. The number of amides is 1. The fourth-order valence-corrected chi connectivity index (χ4v) is 3.37. The summed E-state index contributed by atoms with van der Waals surface area (Å²) < 4.78 is 6.25. The van der Waals surface area contributed by atoms with Crippen LogP contribution in [0.1, 0.15) is 27.2 Å². The molecule has 0 bridgehead atoms. The first-order chi connectivity index (χ1) is 8.08. The van der Waals surface area contributed by atoms with E-state index in [0.29, 0.717) is 13.1 Å². The zero-order valence-electron chi connectivity index (χ0n) is 12.1. The van der Waals surface area contributed by atoms with Gasteiger partial charge in [-0.3, -0.25) is 0 Å². The van der Waals surface area contributed by atoms with Gasteiger partial charge >= 0.3 is 6.09 Å². The monoisotopic (exact) mass is 274 g/mol. The van der Waals surface area contributed by atoms with Crippen molar-refractivity contribution >= 4 is 14.4 Å². The average Bonchev–Trinajstić information content (AvgIpc) is 2.58. The molecule has 5 nitrogen and oxygen atoms in total. The second-order valence-electron chi connectivity index (χ2n) is 6.56. The van der Waals surface area contributed by atoms with Crippen molar-refractivity contribution in [3.05, 3.63) is 0 Å². The van der Waals surface area contributed by atoms with Gasteiger partial charge in [0.25, 0.3) is 0 Å². The maximum absolute atomic E-state index is 11.1. The van der Waals surface area contributed by atoms with Crippen LogP contribution >= 0.6 is 0 Å². The van der Waals surface area contributed by atoms with Crippen LogP contribution in [0.15, 0.2) is 0 Å². The molecule has 0 radical (unpaired) electrons. The van der Waals surface area contributed by atoms with Gasteiger partial charge in [-0.25, -0.2) is 4.79 Å². The summed E-state index contributed by atoms with van der Waals surface area (Å²) in [6, 6.07) is -0.0998. The maximum Gasteiger partial charge on any atom is 0.407 e. The lowest BCUT2D eigenvalue weighted by atomic mass is 10.2. The Labute approximate surface area is 110 Å². The van der Waals surface area contributed by atoms with Crippen LogP contribution in [0.3, 0.4) is 0 Å². The maximum atomic E-state index is 11.1. The van der Waals surface area contributed by atoms with Crippen molar-refractivity contribution < 1.29 is 14.3 Å².